The number of carbonyl (C=O) groups excluding carboxylic acids is 1. The minimum atomic E-state index is -4.79. The molecule has 1 N–H and O–H groups in total. The number of halogens is 4. The lowest BCUT2D eigenvalue weighted by molar-refractivity contribution is -0.274. The van der Waals surface area contributed by atoms with E-state index in [2.05, 4.69) is 10.1 Å². The molecule has 0 saturated carbocycles. The molecule has 3 rings (SSSR count). The van der Waals surface area contributed by atoms with Crippen LogP contribution in [0.5, 0.6) is 5.75 Å². The van der Waals surface area contributed by atoms with Crippen molar-refractivity contribution in [1.29, 1.82) is 0 Å². The van der Waals surface area contributed by atoms with Gasteiger partial charge < -0.3 is 14.6 Å². The van der Waals surface area contributed by atoms with Crippen LogP contribution in [0.2, 0.25) is 5.02 Å². The number of alkyl halides is 3. The lowest BCUT2D eigenvalue weighted by Gasteiger charge is -2.11. The molecule has 2 aromatic carbocycles. The molecule has 3 aromatic rings. The molecule has 0 radical (unpaired) electrons. The first-order valence-corrected chi connectivity index (χ1v) is 8.69. The number of benzene rings is 2. The van der Waals surface area contributed by atoms with Crippen molar-refractivity contribution in [2.24, 2.45) is 0 Å². The van der Waals surface area contributed by atoms with E-state index in [0.717, 1.165) is 17.7 Å². The highest BCUT2D eigenvalue weighted by molar-refractivity contribution is 6.30. The fraction of sp³-hybridized carbons (Fsp3) is 0.100. The number of aromatic nitrogens is 1. The van der Waals surface area contributed by atoms with Crippen molar-refractivity contribution in [2.75, 3.05) is 5.32 Å². The summed E-state index contributed by atoms with van der Waals surface area (Å²) in [5.41, 5.74) is 1.04. The Balaban J connectivity index is 1.72. The summed E-state index contributed by atoms with van der Waals surface area (Å²) in [4.78, 5) is 24.5. The van der Waals surface area contributed by atoms with Crippen LogP contribution in [0.25, 0.3) is 0 Å². The SMILES string of the molecule is O=C(Nc1ccc(OC(F)(F)F)cc1)c1ccc(=O)n(Cc2ccc(Cl)cc2)c1. The van der Waals surface area contributed by atoms with Gasteiger partial charge in [-0.2, -0.15) is 0 Å². The standard InChI is InChI=1S/C20H14ClF3N2O3/c21-15-4-1-13(2-5-15)11-26-12-14(3-10-18(26)27)19(28)25-16-6-8-17(9-7-16)29-20(22,23)24/h1-10,12H,11H2,(H,25,28). The maximum atomic E-state index is 12.4. The van der Waals surface area contributed by atoms with Crippen molar-refractivity contribution < 1.29 is 22.7 Å². The second-order valence-electron chi connectivity index (χ2n) is 6.04. The van der Waals surface area contributed by atoms with Crippen LogP contribution in [0.4, 0.5) is 18.9 Å². The number of nitrogens with one attached hydrogen (secondary N) is 1. The Morgan fingerprint density at radius 1 is 1.00 bits per heavy atom. The van der Waals surface area contributed by atoms with E-state index in [1.54, 1.807) is 24.3 Å². The largest absolute Gasteiger partial charge is 0.573 e. The van der Waals surface area contributed by atoms with E-state index in [4.69, 9.17) is 11.6 Å². The van der Waals surface area contributed by atoms with E-state index < -0.39 is 18.0 Å². The Morgan fingerprint density at radius 2 is 1.66 bits per heavy atom. The second kappa shape index (κ2) is 8.40. The van der Waals surface area contributed by atoms with Crippen LogP contribution < -0.4 is 15.6 Å². The Bertz CT molecular complexity index is 1060. The molecule has 0 unspecified atom stereocenters. The number of hydrogen-bond acceptors (Lipinski definition) is 3. The van der Waals surface area contributed by atoms with Gasteiger partial charge in [0.25, 0.3) is 11.5 Å². The van der Waals surface area contributed by atoms with Gasteiger partial charge in [-0.1, -0.05) is 23.7 Å². The third-order valence-corrected chi connectivity index (χ3v) is 4.11. The van der Waals surface area contributed by atoms with Crippen LogP contribution in [-0.4, -0.2) is 16.8 Å². The lowest BCUT2D eigenvalue weighted by Crippen LogP contribution is -2.22. The number of carbonyl (C=O) groups is 1. The smallest absolute Gasteiger partial charge is 0.406 e. The van der Waals surface area contributed by atoms with Crippen LogP contribution >= 0.6 is 11.6 Å². The summed E-state index contributed by atoms with van der Waals surface area (Å²) in [6.07, 6.45) is -3.38. The highest BCUT2D eigenvalue weighted by Gasteiger charge is 2.30. The van der Waals surface area contributed by atoms with Gasteiger partial charge in [-0.05, 0) is 48.0 Å². The van der Waals surface area contributed by atoms with E-state index in [1.807, 2.05) is 0 Å². The predicted octanol–water partition coefficient (Wildman–Crippen LogP) is 4.70. The normalized spacial score (nSPS) is 11.2. The minimum Gasteiger partial charge on any atom is -0.406 e. The molecule has 150 valence electrons. The maximum Gasteiger partial charge on any atom is 0.573 e. The number of rotatable bonds is 5. The van der Waals surface area contributed by atoms with Crippen LogP contribution in [0.1, 0.15) is 15.9 Å². The summed E-state index contributed by atoms with van der Waals surface area (Å²) in [7, 11) is 0. The van der Waals surface area contributed by atoms with Crippen molar-refractivity contribution in [3.05, 3.63) is 93.4 Å². The Kier molecular flexibility index (Phi) is 5.93. The van der Waals surface area contributed by atoms with Crippen molar-refractivity contribution in [2.45, 2.75) is 12.9 Å². The van der Waals surface area contributed by atoms with Gasteiger partial charge in [0.05, 0.1) is 12.1 Å². The molecule has 9 heteroatoms. The molecule has 0 aliphatic rings. The Labute approximate surface area is 168 Å². The van der Waals surface area contributed by atoms with Gasteiger partial charge in [0, 0.05) is 23.0 Å². The summed E-state index contributed by atoms with van der Waals surface area (Å²) in [6.45, 7) is 0.251. The van der Waals surface area contributed by atoms with E-state index in [1.165, 1.54) is 35.0 Å². The zero-order chi connectivity index (χ0) is 21.0. The van der Waals surface area contributed by atoms with Crippen molar-refractivity contribution in [1.82, 2.24) is 4.57 Å². The molecule has 0 aliphatic carbocycles. The Morgan fingerprint density at radius 3 is 2.28 bits per heavy atom. The molecule has 1 heterocycles. The molecule has 0 saturated heterocycles. The first kappa shape index (κ1) is 20.5. The fourth-order valence-electron chi connectivity index (χ4n) is 2.52. The third kappa shape index (κ3) is 5.86. The van der Waals surface area contributed by atoms with E-state index in [9.17, 15) is 22.8 Å². The highest BCUT2D eigenvalue weighted by atomic mass is 35.5. The topological polar surface area (TPSA) is 60.3 Å². The molecule has 1 amide bonds. The van der Waals surface area contributed by atoms with Crippen LogP contribution in [0, 0.1) is 0 Å². The van der Waals surface area contributed by atoms with Gasteiger partial charge in [-0.15, -0.1) is 13.2 Å². The number of nitrogens with zero attached hydrogens (tertiary/aromatic N) is 1. The van der Waals surface area contributed by atoms with E-state index in [0.29, 0.717) is 5.02 Å². The van der Waals surface area contributed by atoms with Gasteiger partial charge in [-0.25, -0.2) is 0 Å². The summed E-state index contributed by atoms with van der Waals surface area (Å²) in [6, 6.07) is 14.3. The van der Waals surface area contributed by atoms with Crippen LogP contribution in [0.15, 0.2) is 71.7 Å². The molecule has 29 heavy (non-hydrogen) atoms. The van der Waals surface area contributed by atoms with Gasteiger partial charge in [0.1, 0.15) is 5.75 Å². The zero-order valence-electron chi connectivity index (χ0n) is 14.7. The average Bonchev–Trinajstić information content (AvgIpc) is 2.65. The molecule has 0 atom stereocenters. The van der Waals surface area contributed by atoms with Gasteiger partial charge >= 0.3 is 6.36 Å². The fourth-order valence-corrected chi connectivity index (χ4v) is 2.64. The van der Waals surface area contributed by atoms with Crippen molar-refractivity contribution in [3.8, 4) is 5.75 Å². The summed E-state index contributed by atoms with van der Waals surface area (Å²) in [5, 5.41) is 3.13. The highest BCUT2D eigenvalue weighted by Crippen LogP contribution is 2.24. The number of pyridine rings is 1. The average molecular weight is 423 g/mol. The van der Waals surface area contributed by atoms with Gasteiger partial charge in [-0.3, -0.25) is 9.59 Å². The molecule has 0 aliphatic heterocycles. The van der Waals surface area contributed by atoms with E-state index >= 15 is 0 Å². The van der Waals surface area contributed by atoms with Crippen LogP contribution in [0.3, 0.4) is 0 Å². The van der Waals surface area contributed by atoms with Gasteiger partial charge in [0.2, 0.25) is 0 Å². The molecule has 0 spiro atoms. The summed E-state index contributed by atoms with van der Waals surface area (Å²) in [5.74, 6) is -0.911. The first-order valence-electron chi connectivity index (χ1n) is 8.32. The quantitative estimate of drug-likeness (QED) is 0.648. The number of amides is 1. The van der Waals surface area contributed by atoms with E-state index in [-0.39, 0.29) is 23.4 Å². The molecule has 5 nitrogen and oxygen atoms in total. The maximum absolute atomic E-state index is 12.4. The number of anilines is 1. The first-order chi connectivity index (χ1) is 13.7. The third-order valence-electron chi connectivity index (χ3n) is 3.86. The molecule has 0 bridgehead atoms. The summed E-state index contributed by atoms with van der Waals surface area (Å²) >= 11 is 5.85. The van der Waals surface area contributed by atoms with Crippen LogP contribution in [-0.2, 0) is 6.54 Å². The van der Waals surface area contributed by atoms with Crippen molar-refractivity contribution >= 4 is 23.2 Å². The Hall–Kier alpha value is -3.26. The number of hydrogen-bond donors (Lipinski definition) is 1. The van der Waals surface area contributed by atoms with Crippen molar-refractivity contribution in [3.63, 3.8) is 0 Å². The molecule has 1 aromatic heterocycles. The zero-order valence-corrected chi connectivity index (χ0v) is 15.5. The summed E-state index contributed by atoms with van der Waals surface area (Å²) < 4.78 is 41.7. The predicted molar refractivity (Wildman–Crippen MR) is 102 cm³/mol. The van der Waals surface area contributed by atoms with Gasteiger partial charge in [0.15, 0.2) is 0 Å². The minimum absolute atomic E-state index is 0.217. The lowest BCUT2D eigenvalue weighted by atomic mass is 10.2. The second-order valence-corrected chi connectivity index (χ2v) is 6.47. The molecule has 0 fully saturated rings. The molecular formula is C20H14ClF3N2O3. The number of ether oxygens (including phenoxy) is 1. The monoisotopic (exact) mass is 422 g/mol. The molecular weight excluding hydrogens is 409 g/mol.